The molecule has 1 aromatic rings. The Kier molecular flexibility index (Phi) is 5.11. The smallest absolute Gasteiger partial charge is 0.422 e. The third-order valence-corrected chi connectivity index (χ3v) is 2.15. The van der Waals surface area contributed by atoms with E-state index in [0.29, 0.717) is 0 Å². The monoisotopic (exact) mass is 278 g/mol. The Balaban J connectivity index is 2.86. The Labute approximate surface area is 107 Å². The molecule has 1 rings (SSSR count). The van der Waals surface area contributed by atoms with Crippen molar-refractivity contribution in [2.24, 2.45) is 0 Å². The van der Waals surface area contributed by atoms with Crippen molar-refractivity contribution in [2.45, 2.75) is 6.18 Å². The van der Waals surface area contributed by atoms with E-state index >= 15 is 0 Å². The third-order valence-electron chi connectivity index (χ3n) is 2.15. The molecule has 0 atom stereocenters. The van der Waals surface area contributed by atoms with E-state index in [1.54, 1.807) is 0 Å². The summed E-state index contributed by atoms with van der Waals surface area (Å²) < 4.78 is 40.8. The van der Waals surface area contributed by atoms with Gasteiger partial charge in [-0.15, -0.1) is 0 Å². The molecule has 0 aliphatic heterocycles. The topological polar surface area (TPSA) is 62.7 Å². The maximum atomic E-state index is 12.1. The van der Waals surface area contributed by atoms with E-state index < -0.39 is 18.7 Å². The number of carbonyl (C=O) groups is 1. The summed E-state index contributed by atoms with van der Waals surface area (Å²) in [6.45, 7) is -1.70. The fourth-order valence-electron chi connectivity index (χ4n) is 1.26. The molecule has 106 valence electrons. The highest BCUT2D eigenvalue weighted by Crippen LogP contribution is 2.21. The lowest BCUT2D eigenvalue weighted by Gasteiger charge is -2.17. The maximum absolute atomic E-state index is 12.1. The predicted octanol–water partition coefficient (Wildman–Crippen LogP) is 1.09. The van der Waals surface area contributed by atoms with Gasteiger partial charge < -0.3 is 14.7 Å². The molecular weight excluding hydrogens is 265 g/mol. The zero-order chi connectivity index (χ0) is 14.5. The average molecular weight is 278 g/mol. The van der Waals surface area contributed by atoms with Gasteiger partial charge in [0.1, 0.15) is 0 Å². The van der Waals surface area contributed by atoms with E-state index in [2.05, 4.69) is 9.72 Å². The molecule has 0 radical (unpaired) electrons. The van der Waals surface area contributed by atoms with Gasteiger partial charge in [0.2, 0.25) is 0 Å². The number of hydrogen-bond donors (Lipinski definition) is 1. The lowest BCUT2D eigenvalue weighted by molar-refractivity contribution is -0.153. The molecule has 0 bridgehead atoms. The number of aromatic nitrogens is 1. The lowest BCUT2D eigenvalue weighted by atomic mass is 10.3. The van der Waals surface area contributed by atoms with Crippen LogP contribution in [0.3, 0.4) is 0 Å². The van der Waals surface area contributed by atoms with Gasteiger partial charge in [0.25, 0.3) is 5.91 Å². The summed E-state index contributed by atoms with van der Waals surface area (Å²) in [6, 6.07) is 2.60. The number of pyridine rings is 1. The first-order valence-electron chi connectivity index (χ1n) is 5.36. The normalized spacial score (nSPS) is 11.2. The molecule has 19 heavy (non-hydrogen) atoms. The molecule has 1 N–H and O–H groups in total. The molecule has 0 saturated carbocycles. The number of nitrogens with zero attached hydrogens (tertiary/aromatic N) is 2. The van der Waals surface area contributed by atoms with E-state index in [0.717, 1.165) is 4.90 Å². The highest BCUT2D eigenvalue weighted by atomic mass is 19.4. The molecule has 0 saturated heterocycles. The van der Waals surface area contributed by atoms with Gasteiger partial charge in [-0.05, 0) is 12.1 Å². The van der Waals surface area contributed by atoms with Crippen LogP contribution in [0.15, 0.2) is 18.3 Å². The van der Waals surface area contributed by atoms with Gasteiger partial charge >= 0.3 is 6.18 Å². The molecular formula is C11H13F3N2O3. The zero-order valence-corrected chi connectivity index (χ0v) is 10.1. The lowest BCUT2D eigenvalue weighted by Crippen LogP contribution is -2.31. The van der Waals surface area contributed by atoms with Crippen molar-refractivity contribution in [3.05, 3.63) is 24.0 Å². The number of rotatable bonds is 5. The van der Waals surface area contributed by atoms with Gasteiger partial charge in [-0.1, -0.05) is 0 Å². The molecule has 1 heterocycles. The third kappa shape index (κ3) is 4.74. The Morgan fingerprint density at radius 1 is 1.53 bits per heavy atom. The van der Waals surface area contributed by atoms with Gasteiger partial charge in [0, 0.05) is 19.8 Å². The summed E-state index contributed by atoms with van der Waals surface area (Å²) in [4.78, 5) is 16.7. The summed E-state index contributed by atoms with van der Waals surface area (Å²) >= 11 is 0. The predicted molar refractivity (Wildman–Crippen MR) is 59.8 cm³/mol. The number of hydrogen-bond acceptors (Lipinski definition) is 4. The van der Waals surface area contributed by atoms with Crippen LogP contribution in [-0.2, 0) is 0 Å². The van der Waals surface area contributed by atoms with Gasteiger partial charge in [0.05, 0.1) is 6.61 Å². The van der Waals surface area contributed by atoms with Gasteiger partial charge in [0.15, 0.2) is 18.1 Å². The number of carbonyl (C=O) groups excluding carboxylic acids is 1. The van der Waals surface area contributed by atoms with Crippen LogP contribution >= 0.6 is 0 Å². The van der Waals surface area contributed by atoms with E-state index in [1.165, 1.54) is 25.4 Å². The second kappa shape index (κ2) is 6.37. The molecule has 0 aliphatic rings. The number of halogens is 3. The maximum Gasteiger partial charge on any atom is 0.422 e. The Bertz CT molecular complexity index is 437. The minimum absolute atomic E-state index is 0.0497. The van der Waals surface area contributed by atoms with Crippen LogP contribution in [-0.4, -0.2) is 53.9 Å². The first-order chi connectivity index (χ1) is 8.85. The first kappa shape index (κ1) is 15.2. The molecule has 0 unspecified atom stereocenters. The van der Waals surface area contributed by atoms with Gasteiger partial charge in [-0.3, -0.25) is 4.79 Å². The Morgan fingerprint density at radius 2 is 2.21 bits per heavy atom. The van der Waals surface area contributed by atoms with Crippen LogP contribution in [0, 0.1) is 0 Å². The quantitative estimate of drug-likeness (QED) is 0.875. The van der Waals surface area contributed by atoms with Crippen molar-refractivity contribution in [3.63, 3.8) is 0 Å². The minimum Gasteiger partial charge on any atom is -0.482 e. The zero-order valence-electron chi connectivity index (χ0n) is 10.1. The average Bonchev–Trinajstić information content (AvgIpc) is 2.35. The van der Waals surface area contributed by atoms with Crippen molar-refractivity contribution in [1.82, 2.24) is 9.88 Å². The van der Waals surface area contributed by atoms with Crippen LogP contribution in [0.5, 0.6) is 5.75 Å². The number of likely N-dealkylation sites (N-methyl/N-ethyl adjacent to an activating group) is 1. The molecule has 1 aromatic heterocycles. The molecule has 8 heteroatoms. The standard InChI is InChI=1S/C11H13F3N2O3/c1-16(5-6-17)10(18)9-8(3-2-4-15-9)19-7-11(12,13)14/h2-4,17H,5-7H2,1H3. The van der Waals surface area contributed by atoms with Crippen molar-refractivity contribution >= 4 is 5.91 Å². The SMILES string of the molecule is CN(CCO)C(=O)c1ncccc1OCC(F)(F)F. The molecule has 0 fully saturated rings. The van der Waals surface area contributed by atoms with Crippen molar-refractivity contribution in [1.29, 1.82) is 0 Å². The Hall–Kier alpha value is -1.83. The largest absolute Gasteiger partial charge is 0.482 e. The molecule has 1 amide bonds. The van der Waals surface area contributed by atoms with E-state index in [4.69, 9.17) is 5.11 Å². The van der Waals surface area contributed by atoms with Gasteiger partial charge in [-0.2, -0.15) is 13.2 Å². The second-order valence-corrected chi connectivity index (χ2v) is 3.70. The molecule has 5 nitrogen and oxygen atoms in total. The van der Waals surface area contributed by atoms with E-state index in [1.807, 2.05) is 0 Å². The summed E-state index contributed by atoms with van der Waals surface area (Å²) in [5.41, 5.74) is -0.220. The summed E-state index contributed by atoms with van der Waals surface area (Å²) in [5.74, 6) is -0.860. The van der Waals surface area contributed by atoms with Crippen molar-refractivity contribution in [3.8, 4) is 5.75 Å². The summed E-state index contributed by atoms with van der Waals surface area (Å²) in [5, 5.41) is 8.72. The van der Waals surface area contributed by atoms with Crippen LogP contribution in [0.4, 0.5) is 13.2 Å². The fraction of sp³-hybridized carbons (Fsp3) is 0.455. The molecule has 0 spiro atoms. The van der Waals surface area contributed by atoms with Crippen LogP contribution in [0.25, 0.3) is 0 Å². The van der Waals surface area contributed by atoms with E-state index in [-0.39, 0.29) is 24.6 Å². The Morgan fingerprint density at radius 3 is 2.79 bits per heavy atom. The number of ether oxygens (including phenoxy) is 1. The highest BCUT2D eigenvalue weighted by molar-refractivity contribution is 5.94. The number of amides is 1. The first-order valence-corrected chi connectivity index (χ1v) is 5.36. The fourth-order valence-corrected chi connectivity index (χ4v) is 1.26. The van der Waals surface area contributed by atoms with Crippen LogP contribution in [0.2, 0.25) is 0 Å². The second-order valence-electron chi connectivity index (χ2n) is 3.70. The number of aliphatic hydroxyl groups excluding tert-OH is 1. The number of alkyl halides is 3. The minimum atomic E-state index is -4.49. The molecule has 0 aromatic carbocycles. The van der Waals surface area contributed by atoms with E-state index in [9.17, 15) is 18.0 Å². The molecule has 0 aliphatic carbocycles. The van der Waals surface area contributed by atoms with Gasteiger partial charge in [-0.25, -0.2) is 4.98 Å². The highest BCUT2D eigenvalue weighted by Gasteiger charge is 2.29. The number of aliphatic hydroxyl groups is 1. The van der Waals surface area contributed by atoms with Crippen LogP contribution in [0.1, 0.15) is 10.5 Å². The summed E-state index contributed by atoms with van der Waals surface area (Å²) in [6.07, 6.45) is -3.21. The van der Waals surface area contributed by atoms with Crippen molar-refractivity contribution in [2.75, 3.05) is 26.8 Å². The summed E-state index contributed by atoms with van der Waals surface area (Å²) in [7, 11) is 1.40. The van der Waals surface area contributed by atoms with Crippen LogP contribution < -0.4 is 4.74 Å². The van der Waals surface area contributed by atoms with Crippen molar-refractivity contribution < 1.29 is 27.8 Å².